The van der Waals surface area contributed by atoms with Crippen LogP contribution in [0.1, 0.15) is 0 Å². The molecule has 1 aromatic carbocycles. The zero-order valence-electron chi connectivity index (χ0n) is 12.8. The Kier molecular flexibility index (Phi) is 3.72. The molecule has 25 heavy (non-hydrogen) atoms. The van der Waals surface area contributed by atoms with Crippen molar-refractivity contribution >= 4 is 26.8 Å². The summed E-state index contributed by atoms with van der Waals surface area (Å²) < 4.78 is 35.8. The lowest BCUT2D eigenvalue weighted by molar-refractivity contribution is 0.403. The van der Waals surface area contributed by atoms with Gasteiger partial charge in [-0.2, -0.15) is 10.2 Å². The predicted molar refractivity (Wildman–Crippen MR) is 90.6 cm³/mol. The van der Waals surface area contributed by atoms with Gasteiger partial charge in [0.2, 0.25) is 5.88 Å². The van der Waals surface area contributed by atoms with E-state index in [9.17, 15) is 8.78 Å². The minimum atomic E-state index is -0.731. The fourth-order valence-corrected chi connectivity index (χ4v) is 3.14. The van der Waals surface area contributed by atoms with Crippen LogP contribution in [0.2, 0.25) is 0 Å². The third-order valence-electron chi connectivity index (χ3n) is 3.74. The first-order chi connectivity index (χ1) is 12.1. The average molecular weight is 406 g/mol. The van der Waals surface area contributed by atoms with Gasteiger partial charge in [0.1, 0.15) is 11.4 Å². The van der Waals surface area contributed by atoms with Crippen molar-refractivity contribution in [1.29, 1.82) is 0 Å². The minimum absolute atomic E-state index is 0.281. The summed E-state index contributed by atoms with van der Waals surface area (Å²) in [6.07, 6.45) is 4.69. The van der Waals surface area contributed by atoms with Crippen LogP contribution in [0.25, 0.3) is 27.8 Å². The summed E-state index contributed by atoms with van der Waals surface area (Å²) in [7, 11) is 1.47. The van der Waals surface area contributed by atoms with E-state index in [-0.39, 0.29) is 11.6 Å². The smallest absolute Gasteiger partial charge is 0.225 e. The topological polar surface area (TPSA) is 68.6 Å². The maximum atomic E-state index is 14.3. The van der Waals surface area contributed by atoms with Crippen LogP contribution in [0.5, 0.6) is 5.88 Å². The summed E-state index contributed by atoms with van der Waals surface area (Å²) in [4.78, 5) is 4.21. The van der Waals surface area contributed by atoms with Gasteiger partial charge in [-0.05, 0) is 28.1 Å². The molecular weight excluding hydrogens is 396 g/mol. The Labute approximate surface area is 148 Å². The quantitative estimate of drug-likeness (QED) is 0.561. The molecule has 9 heteroatoms. The summed E-state index contributed by atoms with van der Waals surface area (Å²) in [5.74, 6) is -1.17. The molecule has 0 fully saturated rings. The third-order valence-corrected chi connectivity index (χ3v) is 4.32. The number of hydrogen-bond donors (Lipinski definition) is 1. The normalized spacial score (nSPS) is 11.2. The van der Waals surface area contributed by atoms with Crippen molar-refractivity contribution in [3.63, 3.8) is 0 Å². The molecule has 0 amide bonds. The lowest BCUT2D eigenvalue weighted by Crippen LogP contribution is -2.04. The zero-order valence-corrected chi connectivity index (χ0v) is 14.4. The molecule has 0 saturated heterocycles. The van der Waals surface area contributed by atoms with Gasteiger partial charge in [0, 0.05) is 18.0 Å². The Bertz CT molecular complexity index is 1060. The van der Waals surface area contributed by atoms with Crippen molar-refractivity contribution in [2.75, 3.05) is 7.11 Å². The molecule has 0 spiro atoms. The second-order valence-corrected chi connectivity index (χ2v) is 6.01. The monoisotopic (exact) mass is 405 g/mol. The highest BCUT2D eigenvalue weighted by molar-refractivity contribution is 9.10. The number of rotatable bonds is 3. The fourth-order valence-electron chi connectivity index (χ4n) is 2.67. The standard InChI is InChI=1S/C16H10BrF2N5O/c1-25-16-12-13(8-5-21-22-6-8)23-24(14(12)9(17)7-20-16)15-10(18)3-2-4-11(15)19/h2-7H,1H3,(H,21,22). The van der Waals surface area contributed by atoms with E-state index in [2.05, 4.69) is 36.2 Å². The number of H-pyrrole nitrogens is 1. The van der Waals surface area contributed by atoms with Crippen LogP contribution in [0.4, 0.5) is 8.78 Å². The molecule has 3 aromatic heterocycles. The van der Waals surface area contributed by atoms with E-state index in [0.29, 0.717) is 26.6 Å². The molecule has 0 radical (unpaired) electrons. The van der Waals surface area contributed by atoms with E-state index in [1.54, 1.807) is 12.4 Å². The molecule has 1 N–H and O–H groups in total. The van der Waals surface area contributed by atoms with E-state index in [1.165, 1.54) is 36.2 Å². The van der Waals surface area contributed by atoms with Crippen LogP contribution >= 0.6 is 15.9 Å². The lowest BCUT2D eigenvalue weighted by atomic mass is 10.1. The summed E-state index contributed by atoms with van der Waals surface area (Å²) in [5, 5.41) is 11.5. The highest BCUT2D eigenvalue weighted by atomic mass is 79.9. The third kappa shape index (κ3) is 2.39. The van der Waals surface area contributed by atoms with Crippen LogP contribution in [-0.2, 0) is 0 Å². The number of methoxy groups -OCH3 is 1. The first-order valence-electron chi connectivity index (χ1n) is 7.16. The van der Waals surface area contributed by atoms with Gasteiger partial charge in [0.05, 0.1) is 28.7 Å². The van der Waals surface area contributed by atoms with Gasteiger partial charge in [0.25, 0.3) is 0 Å². The molecule has 3 heterocycles. The molecule has 0 aliphatic rings. The number of nitrogens with one attached hydrogen (secondary N) is 1. The van der Waals surface area contributed by atoms with Gasteiger partial charge >= 0.3 is 0 Å². The second-order valence-electron chi connectivity index (χ2n) is 5.16. The first-order valence-corrected chi connectivity index (χ1v) is 7.96. The van der Waals surface area contributed by atoms with Crippen molar-refractivity contribution in [2.45, 2.75) is 0 Å². The Morgan fingerprint density at radius 2 is 1.96 bits per heavy atom. The SMILES string of the molecule is COc1ncc(Br)c2c1c(-c1cn[nH]c1)nn2-c1c(F)cccc1F. The van der Waals surface area contributed by atoms with Crippen molar-refractivity contribution in [2.24, 2.45) is 0 Å². The number of nitrogens with zero attached hydrogens (tertiary/aromatic N) is 4. The Morgan fingerprint density at radius 3 is 2.60 bits per heavy atom. The Hall–Kier alpha value is -2.81. The maximum Gasteiger partial charge on any atom is 0.225 e. The molecule has 4 rings (SSSR count). The predicted octanol–water partition coefficient (Wildman–Crippen LogP) is 3.86. The molecule has 6 nitrogen and oxygen atoms in total. The molecule has 4 aromatic rings. The Balaban J connectivity index is 2.17. The number of fused-ring (bicyclic) bond motifs is 1. The number of pyridine rings is 1. The van der Waals surface area contributed by atoms with Gasteiger partial charge < -0.3 is 4.74 Å². The van der Waals surface area contributed by atoms with E-state index in [0.717, 1.165) is 0 Å². The van der Waals surface area contributed by atoms with Gasteiger partial charge in [-0.25, -0.2) is 18.4 Å². The highest BCUT2D eigenvalue weighted by Gasteiger charge is 2.24. The van der Waals surface area contributed by atoms with E-state index >= 15 is 0 Å². The summed E-state index contributed by atoms with van der Waals surface area (Å²) >= 11 is 3.39. The number of ether oxygens (including phenoxy) is 1. The van der Waals surface area contributed by atoms with Crippen LogP contribution in [0.15, 0.2) is 41.3 Å². The molecule has 0 aliphatic heterocycles. The van der Waals surface area contributed by atoms with Crippen molar-refractivity contribution < 1.29 is 13.5 Å². The summed E-state index contributed by atoms with van der Waals surface area (Å²) in [5.41, 5.74) is 1.24. The molecule has 0 aliphatic carbocycles. The number of halogens is 3. The van der Waals surface area contributed by atoms with Crippen LogP contribution < -0.4 is 4.74 Å². The number of hydrogen-bond acceptors (Lipinski definition) is 4. The number of aromatic nitrogens is 5. The van der Waals surface area contributed by atoms with Crippen molar-refractivity contribution in [3.05, 3.63) is 52.9 Å². The van der Waals surface area contributed by atoms with Crippen molar-refractivity contribution in [1.82, 2.24) is 25.0 Å². The largest absolute Gasteiger partial charge is 0.480 e. The summed E-state index contributed by atoms with van der Waals surface area (Å²) in [6.45, 7) is 0. The van der Waals surface area contributed by atoms with E-state index < -0.39 is 11.6 Å². The average Bonchev–Trinajstić information content (AvgIpc) is 3.23. The number of aromatic amines is 1. The molecule has 0 saturated carbocycles. The summed E-state index contributed by atoms with van der Waals surface area (Å²) in [6, 6.07) is 3.65. The van der Waals surface area contributed by atoms with Gasteiger partial charge in [-0.3, -0.25) is 5.10 Å². The van der Waals surface area contributed by atoms with Crippen LogP contribution in [0, 0.1) is 11.6 Å². The molecule has 0 bridgehead atoms. The molecular formula is C16H10BrF2N5O. The molecule has 126 valence electrons. The number of benzene rings is 1. The minimum Gasteiger partial charge on any atom is -0.480 e. The maximum absolute atomic E-state index is 14.3. The first kappa shape index (κ1) is 15.7. The molecule has 0 unspecified atom stereocenters. The highest BCUT2D eigenvalue weighted by Crippen LogP contribution is 2.38. The Morgan fingerprint density at radius 1 is 1.20 bits per heavy atom. The van der Waals surface area contributed by atoms with Crippen molar-refractivity contribution in [3.8, 4) is 22.8 Å². The van der Waals surface area contributed by atoms with E-state index in [4.69, 9.17) is 4.74 Å². The lowest BCUT2D eigenvalue weighted by Gasteiger charge is -2.08. The second kappa shape index (κ2) is 5.92. The zero-order chi connectivity index (χ0) is 17.6. The van der Waals surface area contributed by atoms with E-state index in [1.807, 2.05) is 0 Å². The molecule has 0 atom stereocenters. The fraction of sp³-hybridized carbons (Fsp3) is 0.0625. The van der Waals surface area contributed by atoms with Gasteiger partial charge in [0.15, 0.2) is 11.6 Å². The number of para-hydroxylation sites is 1. The van der Waals surface area contributed by atoms with Crippen LogP contribution in [0.3, 0.4) is 0 Å². The van der Waals surface area contributed by atoms with Gasteiger partial charge in [-0.1, -0.05) is 6.07 Å². The van der Waals surface area contributed by atoms with Crippen LogP contribution in [-0.4, -0.2) is 32.1 Å². The van der Waals surface area contributed by atoms with Gasteiger partial charge in [-0.15, -0.1) is 0 Å².